The van der Waals surface area contributed by atoms with Crippen LogP contribution in [0.3, 0.4) is 0 Å². The van der Waals surface area contributed by atoms with Gasteiger partial charge in [-0.2, -0.15) is 10.5 Å². The molecule has 1 aromatic heterocycles. The Kier molecular flexibility index (Phi) is 5.59. The minimum absolute atomic E-state index is 0.0234. The first-order valence-electron chi connectivity index (χ1n) is 9.38. The molecule has 2 aliphatic rings. The molecule has 0 unspecified atom stereocenters. The molecule has 7 nitrogen and oxygen atoms in total. The maximum absolute atomic E-state index is 9.82. The average molecular weight is 408 g/mol. The highest BCUT2D eigenvalue weighted by Crippen LogP contribution is 2.37. The molecule has 1 aromatic carbocycles. The van der Waals surface area contributed by atoms with E-state index in [1.807, 2.05) is 12.1 Å². The van der Waals surface area contributed by atoms with E-state index < -0.39 is 0 Å². The molecule has 29 heavy (non-hydrogen) atoms. The monoisotopic (exact) mass is 408 g/mol. The quantitative estimate of drug-likeness (QED) is 0.699. The minimum Gasteiger partial charge on any atom is -0.490 e. The summed E-state index contributed by atoms with van der Waals surface area (Å²) in [7, 11) is 0. The second-order valence-corrected chi connectivity index (χ2v) is 8.26. The Bertz CT molecular complexity index is 987. The number of nitrogens with zero attached hydrogens (tertiary/aromatic N) is 3. The molecule has 2 fully saturated rings. The number of nitriles is 2. The average Bonchev–Trinajstić information content (AvgIpc) is 2.65. The number of anilines is 1. The van der Waals surface area contributed by atoms with E-state index in [0.29, 0.717) is 59.4 Å². The van der Waals surface area contributed by atoms with Gasteiger partial charge in [0.15, 0.2) is 0 Å². The number of aliphatic hydroxyl groups is 1. The van der Waals surface area contributed by atoms with E-state index in [0.717, 1.165) is 5.75 Å². The lowest BCUT2D eigenvalue weighted by Crippen LogP contribution is -2.37. The number of aliphatic hydroxyl groups excluding tert-OH is 1. The van der Waals surface area contributed by atoms with E-state index in [-0.39, 0.29) is 23.6 Å². The largest absolute Gasteiger partial charge is 0.490 e. The Labute approximate surface area is 173 Å². The normalized spacial score (nSPS) is 20.8. The van der Waals surface area contributed by atoms with Crippen molar-refractivity contribution in [2.75, 3.05) is 24.7 Å². The van der Waals surface area contributed by atoms with Crippen LogP contribution in [0.5, 0.6) is 5.75 Å². The van der Waals surface area contributed by atoms with Crippen LogP contribution in [0, 0.1) is 28.6 Å². The summed E-state index contributed by atoms with van der Waals surface area (Å²) >= 11 is 1.47. The maximum atomic E-state index is 9.82. The Balaban J connectivity index is 1.64. The van der Waals surface area contributed by atoms with Crippen LogP contribution in [0.4, 0.5) is 5.82 Å². The van der Waals surface area contributed by atoms with Gasteiger partial charge in [-0.1, -0.05) is 12.1 Å². The molecule has 2 heterocycles. The lowest BCUT2D eigenvalue weighted by atomic mass is 9.92. The highest BCUT2D eigenvalue weighted by Gasteiger charge is 2.29. The van der Waals surface area contributed by atoms with Crippen LogP contribution in [0.15, 0.2) is 29.3 Å². The third-order valence-corrected chi connectivity index (χ3v) is 6.30. The maximum Gasteiger partial charge on any atom is 0.143 e. The number of nitrogens with two attached hydrogens (primary N) is 1. The molecule has 0 amide bonds. The Morgan fingerprint density at radius 3 is 2.41 bits per heavy atom. The van der Waals surface area contributed by atoms with Crippen molar-refractivity contribution in [1.82, 2.24) is 4.98 Å². The molecule has 0 bridgehead atoms. The fourth-order valence-electron chi connectivity index (χ4n) is 3.30. The molecular formula is C21H20N4O3S. The summed E-state index contributed by atoms with van der Waals surface area (Å²) in [6.07, 6.45) is 1.01. The molecule has 1 saturated heterocycles. The van der Waals surface area contributed by atoms with E-state index in [9.17, 15) is 15.6 Å². The zero-order chi connectivity index (χ0) is 20.4. The van der Waals surface area contributed by atoms with Crippen molar-refractivity contribution in [3.05, 3.63) is 35.4 Å². The first kappa shape index (κ1) is 19.5. The van der Waals surface area contributed by atoms with Gasteiger partial charge < -0.3 is 20.3 Å². The number of nitrogen functional groups attached to an aromatic ring is 1. The molecule has 1 aliphatic carbocycles. The number of hydrogen-bond acceptors (Lipinski definition) is 8. The van der Waals surface area contributed by atoms with Crippen LogP contribution >= 0.6 is 11.8 Å². The molecular weight excluding hydrogens is 388 g/mol. The second kappa shape index (κ2) is 8.30. The predicted octanol–water partition coefficient (Wildman–Crippen LogP) is 2.71. The van der Waals surface area contributed by atoms with E-state index >= 15 is 0 Å². The van der Waals surface area contributed by atoms with Crippen LogP contribution in [-0.4, -0.2) is 41.3 Å². The number of thioether (sulfide) groups is 1. The van der Waals surface area contributed by atoms with Gasteiger partial charge in [0.1, 0.15) is 40.4 Å². The number of benzene rings is 1. The number of aromatic nitrogens is 1. The highest BCUT2D eigenvalue weighted by atomic mass is 32.2. The van der Waals surface area contributed by atoms with Crippen LogP contribution in [-0.2, 0) is 4.74 Å². The van der Waals surface area contributed by atoms with E-state index in [1.165, 1.54) is 11.8 Å². The van der Waals surface area contributed by atoms with Crippen LogP contribution in [0.2, 0.25) is 0 Å². The second-order valence-electron chi connectivity index (χ2n) is 7.25. The van der Waals surface area contributed by atoms with E-state index in [1.54, 1.807) is 12.1 Å². The predicted molar refractivity (Wildman–Crippen MR) is 108 cm³/mol. The van der Waals surface area contributed by atoms with Gasteiger partial charge in [0, 0.05) is 30.1 Å². The van der Waals surface area contributed by atoms with Crippen molar-refractivity contribution in [1.29, 1.82) is 10.5 Å². The third-order valence-electron chi connectivity index (χ3n) is 5.09. The van der Waals surface area contributed by atoms with Crippen molar-refractivity contribution < 1.29 is 14.6 Å². The fourth-order valence-corrected chi connectivity index (χ4v) is 4.34. The van der Waals surface area contributed by atoms with Gasteiger partial charge in [-0.3, -0.25) is 0 Å². The zero-order valence-corrected chi connectivity index (χ0v) is 16.5. The molecule has 8 heteroatoms. The fraction of sp³-hybridized carbons (Fsp3) is 0.381. The number of pyridine rings is 1. The number of rotatable bonds is 6. The summed E-state index contributed by atoms with van der Waals surface area (Å²) in [6, 6.07) is 11.5. The molecule has 1 aliphatic heterocycles. The summed E-state index contributed by atoms with van der Waals surface area (Å²) in [5.41, 5.74) is 7.82. The zero-order valence-electron chi connectivity index (χ0n) is 15.7. The van der Waals surface area contributed by atoms with Crippen molar-refractivity contribution in [3.8, 4) is 29.0 Å². The SMILES string of the molecule is N#Cc1c(N)nc(SCC2COC2)c(C#N)c1-c1ccc(O[C@H]2C[C@@H](O)C2)cc1. The lowest BCUT2D eigenvalue weighted by molar-refractivity contribution is -0.0196. The van der Waals surface area contributed by atoms with Crippen LogP contribution < -0.4 is 10.5 Å². The van der Waals surface area contributed by atoms with Gasteiger partial charge in [-0.25, -0.2) is 4.98 Å². The van der Waals surface area contributed by atoms with Gasteiger partial charge in [0.2, 0.25) is 0 Å². The van der Waals surface area contributed by atoms with Crippen molar-refractivity contribution >= 4 is 17.6 Å². The highest BCUT2D eigenvalue weighted by molar-refractivity contribution is 7.99. The van der Waals surface area contributed by atoms with Gasteiger partial charge >= 0.3 is 0 Å². The van der Waals surface area contributed by atoms with Crippen LogP contribution in [0.1, 0.15) is 24.0 Å². The first-order valence-corrected chi connectivity index (χ1v) is 10.4. The molecule has 2 aromatic rings. The topological polar surface area (TPSA) is 125 Å². The number of ether oxygens (including phenoxy) is 2. The van der Waals surface area contributed by atoms with Gasteiger partial charge in [0.25, 0.3) is 0 Å². The summed E-state index contributed by atoms with van der Waals surface area (Å²) < 4.78 is 11.0. The Morgan fingerprint density at radius 2 is 1.86 bits per heavy atom. The molecule has 0 atom stereocenters. The van der Waals surface area contributed by atoms with E-state index in [2.05, 4.69) is 17.1 Å². The summed E-state index contributed by atoms with van der Waals surface area (Å²) in [5.74, 6) is 2.03. The summed E-state index contributed by atoms with van der Waals surface area (Å²) in [5, 5.41) is 29.4. The number of hydrogen-bond donors (Lipinski definition) is 2. The van der Waals surface area contributed by atoms with E-state index in [4.69, 9.17) is 15.2 Å². The Hall–Kier alpha value is -2.78. The van der Waals surface area contributed by atoms with Gasteiger partial charge in [-0.15, -0.1) is 11.8 Å². The molecule has 4 rings (SSSR count). The molecule has 1 saturated carbocycles. The summed E-state index contributed by atoms with van der Waals surface area (Å²) in [6.45, 7) is 1.43. The van der Waals surface area contributed by atoms with Crippen molar-refractivity contribution in [2.45, 2.75) is 30.1 Å². The third kappa shape index (κ3) is 4.01. The van der Waals surface area contributed by atoms with Gasteiger partial charge in [0.05, 0.1) is 24.9 Å². The minimum atomic E-state index is -0.280. The molecule has 3 N–H and O–H groups in total. The Morgan fingerprint density at radius 1 is 1.17 bits per heavy atom. The summed E-state index contributed by atoms with van der Waals surface area (Å²) in [4.78, 5) is 4.32. The van der Waals surface area contributed by atoms with Gasteiger partial charge in [-0.05, 0) is 17.7 Å². The lowest BCUT2D eigenvalue weighted by Gasteiger charge is -2.31. The molecule has 0 spiro atoms. The van der Waals surface area contributed by atoms with Crippen molar-refractivity contribution in [3.63, 3.8) is 0 Å². The molecule has 0 radical (unpaired) electrons. The first-order chi connectivity index (χ1) is 14.1. The molecule has 148 valence electrons. The van der Waals surface area contributed by atoms with Crippen LogP contribution in [0.25, 0.3) is 11.1 Å². The standard InChI is InChI=1S/C21H20N4O3S/c22-7-17-19(13-1-3-15(4-2-13)28-16-5-14(26)6-16)18(8-23)21(25-20(17)24)29-11-12-9-27-10-12/h1-4,12,14,16,26H,5-6,9-11H2,(H2,24,25)/t14-,16+. The smallest absolute Gasteiger partial charge is 0.143 e. The van der Waals surface area contributed by atoms with Crippen molar-refractivity contribution in [2.24, 2.45) is 5.92 Å².